The lowest BCUT2D eigenvalue weighted by Gasteiger charge is -2.26. The van der Waals surface area contributed by atoms with E-state index < -0.39 is 0 Å². The van der Waals surface area contributed by atoms with Crippen LogP contribution < -0.4 is 5.32 Å². The minimum Gasteiger partial charge on any atom is -0.316 e. The van der Waals surface area contributed by atoms with Crippen LogP contribution in [-0.2, 0) is 0 Å². The maximum Gasteiger partial charge on any atom is -0.00187 e. The van der Waals surface area contributed by atoms with Gasteiger partial charge in [-0.3, -0.25) is 0 Å². The summed E-state index contributed by atoms with van der Waals surface area (Å²) in [6.45, 7) is 6.62. The summed E-state index contributed by atoms with van der Waals surface area (Å²) in [7, 11) is 0. The molecule has 1 N–H and O–H groups in total. The zero-order valence-corrected chi connectivity index (χ0v) is 13.5. The van der Waals surface area contributed by atoms with Gasteiger partial charge < -0.3 is 10.2 Å². The number of piperidine rings is 1. The molecule has 0 spiro atoms. The van der Waals surface area contributed by atoms with Crippen LogP contribution in [0.4, 0.5) is 0 Å². The summed E-state index contributed by atoms with van der Waals surface area (Å²) < 4.78 is 0. The van der Waals surface area contributed by atoms with Gasteiger partial charge in [0, 0.05) is 0 Å². The molecule has 2 nitrogen and oxygen atoms in total. The summed E-state index contributed by atoms with van der Waals surface area (Å²) >= 11 is 0. The van der Waals surface area contributed by atoms with Crippen molar-refractivity contribution in [3.63, 3.8) is 0 Å². The summed E-state index contributed by atoms with van der Waals surface area (Å²) in [4.78, 5) is 2.67. The highest BCUT2D eigenvalue weighted by Gasteiger charge is 2.12. The molecule has 0 aromatic carbocycles. The van der Waals surface area contributed by atoms with Gasteiger partial charge in [-0.1, -0.05) is 38.5 Å². The van der Waals surface area contributed by atoms with E-state index in [4.69, 9.17) is 0 Å². The molecule has 0 unspecified atom stereocenters. The van der Waals surface area contributed by atoms with Crippen LogP contribution in [0.3, 0.4) is 0 Å². The molecule has 1 aliphatic carbocycles. The Kier molecular flexibility index (Phi) is 8.65. The Bertz CT molecular complexity index is 193. The minimum atomic E-state index is 0.989. The first kappa shape index (κ1) is 16.3. The van der Waals surface area contributed by atoms with Gasteiger partial charge in [-0.25, -0.2) is 0 Å². The van der Waals surface area contributed by atoms with Crippen LogP contribution in [0, 0.1) is 5.92 Å². The van der Waals surface area contributed by atoms with Crippen LogP contribution in [0.5, 0.6) is 0 Å². The van der Waals surface area contributed by atoms with Gasteiger partial charge in [-0.2, -0.15) is 0 Å². The standard InChI is InChI=1S/C18H36N2/c1(2-8-14-20-15-9-4-10-16-20)7-13-19-17-18-11-5-3-6-12-18/h18-19H,1-17H2. The van der Waals surface area contributed by atoms with Crippen molar-refractivity contribution in [2.45, 2.75) is 77.0 Å². The third-order valence-electron chi connectivity index (χ3n) is 5.18. The molecule has 0 aromatic heterocycles. The molecule has 0 atom stereocenters. The van der Waals surface area contributed by atoms with Gasteiger partial charge in [0.2, 0.25) is 0 Å². The van der Waals surface area contributed by atoms with Crippen LogP contribution in [0.2, 0.25) is 0 Å². The molecule has 1 heterocycles. The van der Waals surface area contributed by atoms with Crippen molar-refractivity contribution in [3.05, 3.63) is 0 Å². The van der Waals surface area contributed by atoms with Crippen molar-refractivity contribution in [2.24, 2.45) is 5.92 Å². The van der Waals surface area contributed by atoms with E-state index in [0.717, 1.165) is 5.92 Å². The van der Waals surface area contributed by atoms with Crippen molar-refractivity contribution in [3.8, 4) is 0 Å². The smallest absolute Gasteiger partial charge is 0.00187 e. The molecule has 2 aliphatic rings. The van der Waals surface area contributed by atoms with Gasteiger partial charge in [0.1, 0.15) is 0 Å². The minimum absolute atomic E-state index is 0.989. The number of unbranched alkanes of at least 4 members (excludes halogenated alkanes) is 3. The van der Waals surface area contributed by atoms with E-state index in [1.165, 1.54) is 110 Å². The molecule has 0 radical (unpaired) electrons. The van der Waals surface area contributed by atoms with Gasteiger partial charge in [0.15, 0.2) is 0 Å². The third kappa shape index (κ3) is 7.08. The molecule has 1 saturated carbocycles. The molecule has 118 valence electrons. The lowest BCUT2D eigenvalue weighted by molar-refractivity contribution is 0.224. The van der Waals surface area contributed by atoms with E-state index in [-0.39, 0.29) is 0 Å². The Morgan fingerprint density at radius 2 is 1.45 bits per heavy atom. The topological polar surface area (TPSA) is 15.3 Å². The highest BCUT2D eigenvalue weighted by molar-refractivity contribution is 4.68. The Labute approximate surface area is 126 Å². The SMILES string of the molecule is C(CCCN1CCCCC1)CCNCC1CCCCC1. The molecule has 1 aliphatic heterocycles. The zero-order valence-electron chi connectivity index (χ0n) is 13.5. The fraction of sp³-hybridized carbons (Fsp3) is 1.00. The Balaban J connectivity index is 1.33. The predicted molar refractivity (Wildman–Crippen MR) is 88.2 cm³/mol. The van der Waals surface area contributed by atoms with Crippen LogP contribution in [0.25, 0.3) is 0 Å². The zero-order chi connectivity index (χ0) is 13.9. The first-order valence-corrected chi connectivity index (χ1v) is 9.38. The Hall–Kier alpha value is -0.0800. The average Bonchev–Trinajstić information content (AvgIpc) is 2.52. The van der Waals surface area contributed by atoms with Gasteiger partial charge in [0.25, 0.3) is 0 Å². The fourth-order valence-corrected chi connectivity index (χ4v) is 3.82. The van der Waals surface area contributed by atoms with Gasteiger partial charge >= 0.3 is 0 Å². The number of nitrogens with one attached hydrogen (secondary N) is 1. The predicted octanol–water partition coefficient (Wildman–Crippen LogP) is 4.20. The number of nitrogens with zero attached hydrogens (tertiary/aromatic N) is 1. The maximum absolute atomic E-state index is 3.68. The molecule has 0 amide bonds. The number of hydrogen-bond donors (Lipinski definition) is 1. The van der Waals surface area contributed by atoms with Crippen molar-refractivity contribution in [2.75, 3.05) is 32.7 Å². The van der Waals surface area contributed by atoms with Crippen molar-refractivity contribution >= 4 is 0 Å². The molecular weight excluding hydrogens is 244 g/mol. The van der Waals surface area contributed by atoms with Gasteiger partial charge in [-0.05, 0) is 77.2 Å². The second-order valence-corrected chi connectivity index (χ2v) is 7.02. The van der Waals surface area contributed by atoms with E-state index in [9.17, 15) is 0 Å². The number of rotatable bonds is 9. The maximum atomic E-state index is 3.68. The van der Waals surface area contributed by atoms with E-state index >= 15 is 0 Å². The van der Waals surface area contributed by atoms with Crippen LogP contribution in [0.15, 0.2) is 0 Å². The summed E-state index contributed by atoms with van der Waals surface area (Å²) in [6.07, 6.45) is 17.4. The van der Waals surface area contributed by atoms with E-state index in [0.29, 0.717) is 0 Å². The van der Waals surface area contributed by atoms with Crippen molar-refractivity contribution < 1.29 is 0 Å². The van der Waals surface area contributed by atoms with Crippen LogP contribution in [-0.4, -0.2) is 37.6 Å². The summed E-state index contributed by atoms with van der Waals surface area (Å²) in [5, 5.41) is 3.68. The lowest BCUT2D eigenvalue weighted by atomic mass is 9.89. The Morgan fingerprint density at radius 1 is 0.750 bits per heavy atom. The van der Waals surface area contributed by atoms with Crippen LogP contribution in [0.1, 0.15) is 77.0 Å². The van der Waals surface area contributed by atoms with Gasteiger partial charge in [-0.15, -0.1) is 0 Å². The molecule has 1 saturated heterocycles. The first-order chi connectivity index (χ1) is 9.95. The van der Waals surface area contributed by atoms with Crippen LogP contribution >= 0.6 is 0 Å². The molecule has 2 heteroatoms. The summed E-state index contributed by atoms with van der Waals surface area (Å²) in [5.41, 5.74) is 0. The molecular formula is C18H36N2. The van der Waals surface area contributed by atoms with E-state index in [1.807, 2.05) is 0 Å². The second-order valence-electron chi connectivity index (χ2n) is 7.02. The monoisotopic (exact) mass is 280 g/mol. The molecule has 2 fully saturated rings. The molecule has 2 rings (SSSR count). The Morgan fingerprint density at radius 3 is 2.25 bits per heavy atom. The lowest BCUT2D eigenvalue weighted by Crippen LogP contribution is -2.30. The largest absolute Gasteiger partial charge is 0.316 e. The highest BCUT2D eigenvalue weighted by Crippen LogP contribution is 2.22. The summed E-state index contributed by atoms with van der Waals surface area (Å²) in [6, 6.07) is 0. The average molecular weight is 280 g/mol. The second kappa shape index (κ2) is 10.6. The number of likely N-dealkylation sites (tertiary alicyclic amines) is 1. The van der Waals surface area contributed by atoms with Crippen molar-refractivity contribution in [1.82, 2.24) is 10.2 Å². The normalized spacial score (nSPS) is 22.2. The van der Waals surface area contributed by atoms with Crippen molar-refractivity contribution in [1.29, 1.82) is 0 Å². The quantitative estimate of drug-likeness (QED) is 0.637. The van der Waals surface area contributed by atoms with E-state index in [2.05, 4.69) is 10.2 Å². The fourth-order valence-electron chi connectivity index (χ4n) is 3.82. The summed E-state index contributed by atoms with van der Waals surface area (Å²) in [5.74, 6) is 0.989. The first-order valence-electron chi connectivity index (χ1n) is 9.38. The highest BCUT2D eigenvalue weighted by atomic mass is 15.1. The number of hydrogen-bond acceptors (Lipinski definition) is 2. The third-order valence-corrected chi connectivity index (χ3v) is 5.18. The molecule has 20 heavy (non-hydrogen) atoms. The molecule has 0 bridgehead atoms. The van der Waals surface area contributed by atoms with Gasteiger partial charge in [0.05, 0.1) is 0 Å². The molecule has 0 aromatic rings. The van der Waals surface area contributed by atoms with E-state index in [1.54, 1.807) is 0 Å².